The Labute approximate surface area is 109 Å². The second-order valence-corrected chi connectivity index (χ2v) is 5.39. The number of nitrogens with zero attached hydrogens (tertiary/aromatic N) is 4. The summed E-state index contributed by atoms with van der Waals surface area (Å²) in [6.07, 6.45) is 1.95. The topological polar surface area (TPSA) is 34.0 Å². The minimum Gasteiger partial charge on any atom is -0.351 e. The molecule has 2 aromatic heterocycles. The monoisotopic (exact) mass is 258 g/mol. The van der Waals surface area contributed by atoms with Crippen LogP contribution in [-0.4, -0.2) is 21.8 Å². The van der Waals surface area contributed by atoms with Crippen LogP contribution in [0.5, 0.6) is 0 Å². The molecule has 0 radical (unpaired) electrons. The van der Waals surface area contributed by atoms with Crippen LogP contribution in [0.25, 0.3) is 10.2 Å². The van der Waals surface area contributed by atoms with E-state index in [-0.39, 0.29) is 0 Å². The van der Waals surface area contributed by atoms with Crippen molar-refractivity contribution in [1.29, 1.82) is 0 Å². The second-order valence-electron chi connectivity index (χ2n) is 4.28. The average Bonchev–Trinajstić information content (AvgIpc) is 2.94. The van der Waals surface area contributed by atoms with Crippen molar-refractivity contribution in [1.82, 2.24) is 14.8 Å². The molecule has 0 saturated heterocycles. The van der Waals surface area contributed by atoms with Crippen molar-refractivity contribution < 1.29 is 0 Å². The highest BCUT2D eigenvalue weighted by Gasteiger charge is 2.08. The van der Waals surface area contributed by atoms with Crippen molar-refractivity contribution in [2.24, 2.45) is 7.05 Å². The van der Waals surface area contributed by atoms with Crippen molar-refractivity contribution in [2.45, 2.75) is 6.54 Å². The van der Waals surface area contributed by atoms with Crippen LogP contribution < -0.4 is 4.90 Å². The van der Waals surface area contributed by atoms with E-state index in [1.54, 1.807) is 11.3 Å². The normalized spacial score (nSPS) is 11.0. The molecule has 0 unspecified atom stereocenters. The van der Waals surface area contributed by atoms with Crippen LogP contribution in [0, 0.1) is 0 Å². The first-order chi connectivity index (χ1) is 8.72. The fourth-order valence-corrected chi connectivity index (χ4v) is 2.90. The van der Waals surface area contributed by atoms with Gasteiger partial charge in [0.2, 0.25) is 0 Å². The molecule has 0 spiro atoms. The minimum absolute atomic E-state index is 0.788. The second kappa shape index (κ2) is 4.42. The number of anilines is 1. The number of fused-ring (bicyclic) bond motifs is 1. The lowest BCUT2D eigenvalue weighted by Crippen LogP contribution is -2.16. The van der Waals surface area contributed by atoms with Crippen LogP contribution in [0.2, 0.25) is 0 Å². The highest BCUT2D eigenvalue weighted by Crippen LogP contribution is 2.23. The van der Waals surface area contributed by atoms with E-state index in [0.29, 0.717) is 0 Å². The number of para-hydroxylation sites is 1. The third-order valence-corrected chi connectivity index (χ3v) is 3.82. The highest BCUT2D eigenvalue weighted by molar-refractivity contribution is 7.18. The van der Waals surface area contributed by atoms with E-state index in [9.17, 15) is 0 Å². The van der Waals surface area contributed by atoms with E-state index in [2.05, 4.69) is 27.1 Å². The zero-order valence-electron chi connectivity index (χ0n) is 10.4. The van der Waals surface area contributed by atoms with Gasteiger partial charge in [-0.1, -0.05) is 12.1 Å². The summed E-state index contributed by atoms with van der Waals surface area (Å²) in [5.41, 5.74) is 1.08. The van der Waals surface area contributed by atoms with Crippen LogP contribution >= 0.6 is 11.3 Å². The van der Waals surface area contributed by atoms with Crippen molar-refractivity contribution in [2.75, 3.05) is 11.9 Å². The summed E-state index contributed by atoms with van der Waals surface area (Å²) in [4.78, 5) is 6.74. The van der Waals surface area contributed by atoms with E-state index in [1.165, 1.54) is 4.70 Å². The van der Waals surface area contributed by atoms with E-state index < -0.39 is 0 Å². The smallest absolute Gasteiger partial charge is 0.150 e. The highest BCUT2D eigenvalue weighted by atomic mass is 32.1. The SMILES string of the molecule is CN(Cc1nc2ccccc2s1)c1ccn(C)n1. The largest absolute Gasteiger partial charge is 0.351 e. The third kappa shape index (κ3) is 2.09. The van der Waals surface area contributed by atoms with Crippen LogP contribution in [0.15, 0.2) is 36.5 Å². The molecule has 0 N–H and O–H groups in total. The van der Waals surface area contributed by atoms with Gasteiger partial charge in [-0.2, -0.15) is 5.10 Å². The van der Waals surface area contributed by atoms with Crippen molar-refractivity contribution >= 4 is 27.4 Å². The third-order valence-electron chi connectivity index (χ3n) is 2.80. The lowest BCUT2D eigenvalue weighted by molar-refractivity contribution is 0.751. The Morgan fingerprint density at radius 2 is 2.11 bits per heavy atom. The molecule has 0 aliphatic rings. The molecular formula is C13H14N4S. The maximum absolute atomic E-state index is 4.63. The molecule has 92 valence electrons. The summed E-state index contributed by atoms with van der Waals surface area (Å²) >= 11 is 1.74. The van der Waals surface area contributed by atoms with Crippen molar-refractivity contribution in [3.05, 3.63) is 41.5 Å². The summed E-state index contributed by atoms with van der Waals surface area (Å²) in [5.74, 6) is 0.969. The van der Waals surface area contributed by atoms with E-state index in [4.69, 9.17) is 0 Å². The Bertz CT molecular complexity index is 637. The number of thiazole rings is 1. The quantitative estimate of drug-likeness (QED) is 0.724. The van der Waals surface area contributed by atoms with Gasteiger partial charge in [-0.25, -0.2) is 4.98 Å². The standard InChI is InChI=1S/C13H14N4S/c1-16(12-7-8-17(2)15-12)9-13-14-10-5-3-4-6-11(10)18-13/h3-8H,9H2,1-2H3. The molecule has 3 rings (SSSR count). The van der Waals surface area contributed by atoms with Crippen LogP contribution in [0.1, 0.15) is 5.01 Å². The van der Waals surface area contributed by atoms with Gasteiger partial charge in [0.25, 0.3) is 0 Å². The maximum Gasteiger partial charge on any atom is 0.150 e. The molecule has 0 aliphatic heterocycles. The summed E-state index contributed by atoms with van der Waals surface area (Å²) in [6.45, 7) is 0.788. The Hall–Kier alpha value is -1.88. The number of hydrogen-bond acceptors (Lipinski definition) is 4. The van der Waals surface area contributed by atoms with E-state index in [0.717, 1.165) is 22.9 Å². The van der Waals surface area contributed by atoms with Crippen molar-refractivity contribution in [3.63, 3.8) is 0 Å². The Kier molecular flexibility index (Phi) is 2.76. The summed E-state index contributed by atoms with van der Waals surface area (Å²) in [5, 5.41) is 5.50. The maximum atomic E-state index is 4.63. The van der Waals surface area contributed by atoms with Gasteiger partial charge in [-0.05, 0) is 12.1 Å². The summed E-state index contributed by atoms with van der Waals surface area (Å²) in [7, 11) is 3.96. The van der Waals surface area contributed by atoms with Gasteiger partial charge in [-0.15, -0.1) is 11.3 Å². The molecule has 0 amide bonds. The van der Waals surface area contributed by atoms with Gasteiger partial charge in [0.1, 0.15) is 5.01 Å². The Balaban J connectivity index is 1.83. The molecule has 0 atom stereocenters. The molecule has 2 heterocycles. The first kappa shape index (κ1) is 11.2. The van der Waals surface area contributed by atoms with Gasteiger partial charge in [-0.3, -0.25) is 4.68 Å². The molecule has 4 nitrogen and oxygen atoms in total. The minimum atomic E-state index is 0.788. The summed E-state index contributed by atoms with van der Waals surface area (Å²) < 4.78 is 3.05. The lowest BCUT2D eigenvalue weighted by atomic mass is 10.3. The van der Waals surface area contributed by atoms with E-state index in [1.807, 2.05) is 43.2 Å². The average molecular weight is 258 g/mol. The molecule has 3 aromatic rings. The zero-order valence-corrected chi connectivity index (χ0v) is 11.2. The molecule has 1 aromatic carbocycles. The summed E-state index contributed by atoms with van der Waals surface area (Å²) in [6, 6.07) is 10.2. The molecule has 0 saturated carbocycles. The van der Waals surface area contributed by atoms with Gasteiger partial charge in [0, 0.05) is 26.4 Å². The van der Waals surface area contributed by atoms with Crippen LogP contribution in [0.3, 0.4) is 0 Å². The number of hydrogen-bond donors (Lipinski definition) is 0. The Morgan fingerprint density at radius 3 is 2.83 bits per heavy atom. The van der Waals surface area contributed by atoms with Gasteiger partial charge in [0.05, 0.1) is 16.8 Å². The fraction of sp³-hybridized carbons (Fsp3) is 0.231. The number of aromatic nitrogens is 3. The number of aryl methyl sites for hydroxylation is 1. The van der Waals surface area contributed by atoms with Crippen molar-refractivity contribution in [3.8, 4) is 0 Å². The fourth-order valence-electron chi connectivity index (χ4n) is 1.88. The molecular weight excluding hydrogens is 244 g/mol. The Morgan fingerprint density at radius 1 is 1.28 bits per heavy atom. The predicted octanol–water partition coefficient (Wildman–Crippen LogP) is 2.67. The molecule has 5 heteroatoms. The van der Waals surface area contributed by atoms with Crippen LogP contribution in [0.4, 0.5) is 5.82 Å². The van der Waals surface area contributed by atoms with Crippen LogP contribution in [-0.2, 0) is 13.6 Å². The van der Waals surface area contributed by atoms with Gasteiger partial charge >= 0.3 is 0 Å². The zero-order chi connectivity index (χ0) is 12.5. The van der Waals surface area contributed by atoms with E-state index >= 15 is 0 Å². The molecule has 0 fully saturated rings. The molecule has 18 heavy (non-hydrogen) atoms. The predicted molar refractivity (Wildman–Crippen MR) is 74.9 cm³/mol. The molecule has 0 aliphatic carbocycles. The number of benzene rings is 1. The first-order valence-corrected chi connectivity index (χ1v) is 6.59. The first-order valence-electron chi connectivity index (χ1n) is 5.77. The number of rotatable bonds is 3. The van der Waals surface area contributed by atoms with Gasteiger partial charge in [0.15, 0.2) is 5.82 Å². The molecule has 0 bridgehead atoms. The van der Waals surface area contributed by atoms with Gasteiger partial charge < -0.3 is 4.90 Å². The lowest BCUT2D eigenvalue weighted by Gasteiger charge is -2.13.